The number of ether oxygens (including phenoxy) is 1. The van der Waals surface area contributed by atoms with Gasteiger partial charge in [-0.2, -0.15) is 0 Å². The third-order valence-corrected chi connectivity index (χ3v) is 7.56. The summed E-state index contributed by atoms with van der Waals surface area (Å²) >= 11 is 0. The Kier molecular flexibility index (Phi) is 3.17. The third-order valence-electron chi connectivity index (χ3n) is 4.15. The lowest BCUT2D eigenvalue weighted by molar-refractivity contribution is 0.314. The van der Waals surface area contributed by atoms with Crippen LogP contribution in [0.15, 0.2) is 41.3 Å². The van der Waals surface area contributed by atoms with Gasteiger partial charge in [0, 0.05) is 0 Å². The molecule has 0 radical (unpaired) electrons. The van der Waals surface area contributed by atoms with Gasteiger partial charge in [-0.3, -0.25) is 0 Å². The summed E-state index contributed by atoms with van der Waals surface area (Å²) in [7, 11) is 0.195. The van der Waals surface area contributed by atoms with Crippen molar-refractivity contribution in [2.24, 2.45) is 11.8 Å². The van der Waals surface area contributed by atoms with Crippen molar-refractivity contribution in [1.29, 1.82) is 0 Å². The molecule has 0 aliphatic heterocycles. The van der Waals surface area contributed by atoms with E-state index in [-0.39, 0.29) is 0 Å². The third kappa shape index (κ3) is 2.06. The van der Waals surface area contributed by atoms with E-state index in [1.165, 1.54) is 10.6 Å². The van der Waals surface area contributed by atoms with Gasteiger partial charge in [0.15, 0.2) is 8.07 Å². The minimum Gasteiger partial charge on any atom is -0.506 e. The van der Waals surface area contributed by atoms with Crippen molar-refractivity contribution in [3.63, 3.8) is 0 Å². The van der Waals surface area contributed by atoms with Gasteiger partial charge in [0.1, 0.15) is 0 Å². The maximum atomic E-state index is 5.78. The van der Waals surface area contributed by atoms with E-state index < -0.39 is 8.07 Å². The summed E-state index contributed by atoms with van der Waals surface area (Å²) in [5.74, 6) is 1.42. The quantitative estimate of drug-likeness (QED) is 0.587. The molecule has 0 heterocycles. The van der Waals surface area contributed by atoms with Gasteiger partial charge in [-0.1, -0.05) is 62.5 Å². The van der Waals surface area contributed by atoms with Crippen LogP contribution in [0.2, 0.25) is 13.1 Å². The molecule has 17 heavy (non-hydrogen) atoms. The lowest BCUT2D eigenvalue weighted by Crippen LogP contribution is -2.44. The van der Waals surface area contributed by atoms with Crippen molar-refractivity contribution < 1.29 is 4.74 Å². The van der Waals surface area contributed by atoms with Crippen LogP contribution in [-0.2, 0) is 4.74 Å². The highest BCUT2D eigenvalue weighted by molar-refractivity contribution is 6.95. The zero-order valence-corrected chi connectivity index (χ0v) is 12.4. The van der Waals surface area contributed by atoms with Gasteiger partial charge in [-0.15, -0.1) is 0 Å². The molecule has 0 N–H and O–H groups in total. The molecule has 1 nitrogen and oxygen atoms in total. The summed E-state index contributed by atoms with van der Waals surface area (Å²) in [4.78, 5) is 0. The molecule has 1 aliphatic rings. The second kappa shape index (κ2) is 4.34. The van der Waals surface area contributed by atoms with E-state index in [0.29, 0.717) is 11.8 Å². The number of rotatable bonds is 3. The first-order valence-corrected chi connectivity index (χ1v) is 9.34. The monoisotopic (exact) mass is 246 g/mol. The summed E-state index contributed by atoms with van der Waals surface area (Å²) in [6.45, 7) is 9.36. The topological polar surface area (TPSA) is 9.23 Å². The lowest BCUT2D eigenvalue weighted by atomic mass is 10.4. The number of hydrogen-bond acceptors (Lipinski definition) is 1. The Bertz CT molecular complexity index is 423. The van der Waals surface area contributed by atoms with Crippen LogP contribution in [0.3, 0.4) is 0 Å². The lowest BCUT2D eigenvalue weighted by Gasteiger charge is -2.25. The van der Waals surface area contributed by atoms with Crippen molar-refractivity contribution in [2.75, 3.05) is 7.11 Å². The molecule has 2 heteroatoms. The van der Waals surface area contributed by atoms with Crippen molar-refractivity contribution >= 4 is 13.3 Å². The SMILES string of the molecule is COC(=C1[C@H](C)[C@H]1C)[Si](C)(C)c1ccccc1. The van der Waals surface area contributed by atoms with E-state index in [9.17, 15) is 0 Å². The van der Waals surface area contributed by atoms with Gasteiger partial charge in [0.05, 0.1) is 12.5 Å². The smallest absolute Gasteiger partial charge is 0.155 e. The minimum atomic E-state index is -1.64. The largest absolute Gasteiger partial charge is 0.506 e. The van der Waals surface area contributed by atoms with Crippen LogP contribution in [-0.4, -0.2) is 15.2 Å². The molecule has 2 rings (SSSR count). The molecule has 0 aromatic heterocycles. The average molecular weight is 246 g/mol. The normalized spacial score (nSPS) is 23.5. The van der Waals surface area contributed by atoms with Gasteiger partial charge in [0.25, 0.3) is 0 Å². The van der Waals surface area contributed by atoms with Crippen molar-refractivity contribution in [1.82, 2.24) is 0 Å². The fourth-order valence-electron chi connectivity index (χ4n) is 2.70. The van der Waals surface area contributed by atoms with Crippen LogP contribution < -0.4 is 5.19 Å². The molecular weight excluding hydrogens is 224 g/mol. The summed E-state index contributed by atoms with van der Waals surface area (Å²) in [6, 6.07) is 10.8. The highest BCUT2D eigenvalue weighted by Gasteiger charge is 2.44. The number of hydrogen-bond donors (Lipinski definition) is 0. The van der Waals surface area contributed by atoms with E-state index in [1.54, 1.807) is 5.57 Å². The second-order valence-electron chi connectivity index (χ2n) is 5.56. The summed E-state index contributed by atoms with van der Waals surface area (Å²) in [5, 5.41) is 2.75. The Labute approximate surface area is 106 Å². The first kappa shape index (κ1) is 12.4. The van der Waals surface area contributed by atoms with Crippen molar-refractivity contribution in [3.05, 3.63) is 41.3 Å². The first-order chi connectivity index (χ1) is 8.00. The standard InChI is InChI=1S/C15H22OSi/c1-11-12(2)14(11)15(16-3)17(4,5)13-9-7-6-8-10-13/h6-12H,1-5H3/t11-,12-/m1/s1. The number of benzene rings is 1. The van der Waals surface area contributed by atoms with Gasteiger partial charge in [-0.25, -0.2) is 0 Å². The van der Waals surface area contributed by atoms with Crippen LogP contribution in [0.25, 0.3) is 0 Å². The van der Waals surface area contributed by atoms with E-state index in [4.69, 9.17) is 4.74 Å². The Morgan fingerprint density at radius 2 is 1.59 bits per heavy atom. The van der Waals surface area contributed by atoms with E-state index in [1.807, 2.05) is 7.11 Å². The summed E-state index contributed by atoms with van der Waals surface area (Å²) < 4.78 is 5.78. The first-order valence-electron chi connectivity index (χ1n) is 6.34. The average Bonchev–Trinajstić information content (AvgIpc) is 2.90. The van der Waals surface area contributed by atoms with Crippen LogP contribution >= 0.6 is 0 Å². The fraction of sp³-hybridized carbons (Fsp3) is 0.467. The highest BCUT2D eigenvalue weighted by atomic mass is 28.3. The van der Waals surface area contributed by atoms with Gasteiger partial charge < -0.3 is 4.74 Å². The Balaban J connectivity index is 2.42. The molecule has 1 fully saturated rings. The molecule has 0 amide bonds. The molecule has 1 aliphatic carbocycles. The molecular formula is C15H22OSi. The second-order valence-corrected chi connectivity index (χ2v) is 9.84. The fourth-order valence-corrected chi connectivity index (χ4v) is 5.68. The van der Waals surface area contributed by atoms with E-state index >= 15 is 0 Å². The van der Waals surface area contributed by atoms with Gasteiger partial charge in [0.2, 0.25) is 0 Å². The highest BCUT2D eigenvalue weighted by Crippen LogP contribution is 2.48. The summed E-state index contributed by atoms with van der Waals surface area (Å²) in [6.07, 6.45) is 0. The molecule has 0 unspecified atom stereocenters. The van der Waals surface area contributed by atoms with E-state index in [0.717, 1.165) is 0 Å². The molecule has 1 aromatic carbocycles. The van der Waals surface area contributed by atoms with Crippen LogP contribution in [0.1, 0.15) is 13.8 Å². The Hall–Kier alpha value is -1.02. The Morgan fingerprint density at radius 3 is 2.00 bits per heavy atom. The van der Waals surface area contributed by atoms with Gasteiger partial charge >= 0.3 is 0 Å². The summed E-state index contributed by atoms with van der Waals surface area (Å²) in [5.41, 5.74) is 1.55. The molecule has 0 bridgehead atoms. The zero-order valence-electron chi connectivity index (χ0n) is 11.4. The predicted octanol–water partition coefficient (Wildman–Crippen LogP) is 3.33. The van der Waals surface area contributed by atoms with Gasteiger partial charge in [-0.05, 0) is 17.4 Å². The minimum absolute atomic E-state index is 0.709. The Morgan fingerprint density at radius 1 is 1.06 bits per heavy atom. The van der Waals surface area contributed by atoms with E-state index in [2.05, 4.69) is 57.3 Å². The molecule has 2 atom stereocenters. The number of methoxy groups -OCH3 is 1. The van der Waals surface area contributed by atoms with Crippen LogP contribution in [0.5, 0.6) is 0 Å². The molecule has 1 aromatic rings. The van der Waals surface area contributed by atoms with Crippen molar-refractivity contribution in [2.45, 2.75) is 26.9 Å². The van der Waals surface area contributed by atoms with Crippen LogP contribution in [0, 0.1) is 11.8 Å². The van der Waals surface area contributed by atoms with Crippen LogP contribution in [0.4, 0.5) is 0 Å². The maximum absolute atomic E-state index is 5.78. The molecule has 0 spiro atoms. The zero-order chi connectivity index (χ0) is 12.6. The number of allylic oxidation sites excluding steroid dienone is 1. The maximum Gasteiger partial charge on any atom is 0.155 e. The molecule has 92 valence electrons. The predicted molar refractivity (Wildman–Crippen MR) is 75.9 cm³/mol. The molecule has 1 saturated carbocycles. The van der Waals surface area contributed by atoms with Crippen molar-refractivity contribution in [3.8, 4) is 0 Å². The molecule has 0 saturated heterocycles.